The summed E-state index contributed by atoms with van der Waals surface area (Å²) in [7, 11) is 1.72. The smallest absolute Gasteiger partial charge is 0.274 e. The van der Waals surface area contributed by atoms with Crippen molar-refractivity contribution in [3.63, 3.8) is 0 Å². The highest BCUT2D eigenvalue weighted by atomic mass is 16.3. The number of hydrogen-bond donors (Lipinski definition) is 2. The van der Waals surface area contributed by atoms with E-state index in [-0.39, 0.29) is 11.7 Å². The van der Waals surface area contributed by atoms with Crippen molar-refractivity contribution in [2.24, 2.45) is 0 Å². The summed E-state index contributed by atoms with van der Waals surface area (Å²) in [6.07, 6.45) is 0. The lowest BCUT2D eigenvalue weighted by Gasteiger charge is -2.18. The van der Waals surface area contributed by atoms with Crippen LogP contribution in [0.4, 0.5) is 5.69 Å². The van der Waals surface area contributed by atoms with Crippen LogP contribution in [0.25, 0.3) is 0 Å². The van der Waals surface area contributed by atoms with Crippen LogP contribution in [0.3, 0.4) is 0 Å². The van der Waals surface area contributed by atoms with Crippen LogP contribution >= 0.6 is 0 Å². The molecule has 1 amide bonds. The largest absolute Gasteiger partial charge is 0.508 e. The van der Waals surface area contributed by atoms with Crippen LogP contribution in [0.5, 0.6) is 5.75 Å². The van der Waals surface area contributed by atoms with E-state index in [4.69, 9.17) is 5.73 Å². The Morgan fingerprint density at radius 1 is 1.38 bits per heavy atom. The second-order valence-corrected chi connectivity index (χ2v) is 4.99. The minimum atomic E-state index is -0.164. The summed E-state index contributed by atoms with van der Waals surface area (Å²) in [5.74, 6) is 0.0414. The summed E-state index contributed by atoms with van der Waals surface area (Å²) in [4.78, 5) is 14.2. The van der Waals surface area contributed by atoms with Gasteiger partial charge in [0.1, 0.15) is 11.4 Å². The number of nitrogens with zero attached hydrogens (tertiary/aromatic N) is 3. The first-order chi connectivity index (χ1) is 9.93. The average molecular weight is 288 g/mol. The van der Waals surface area contributed by atoms with Gasteiger partial charge in [0.05, 0.1) is 11.4 Å². The molecule has 6 heteroatoms. The van der Waals surface area contributed by atoms with Crippen LogP contribution in [0.1, 0.15) is 28.7 Å². The maximum Gasteiger partial charge on any atom is 0.274 e. The van der Waals surface area contributed by atoms with Crippen molar-refractivity contribution < 1.29 is 9.90 Å². The number of nitrogen functional groups attached to an aromatic ring is 1. The van der Waals surface area contributed by atoms with E-state index in [1.54, 1.807) is 47.8 Å². The SMILES string of the molecule is CCn1nc(C)c(N)c1C(=O)N(C)Cc1ccc(O)cc1. The van der Waals surface area contributed by atoms with E-state index in [0.29, 0.717) is 30.2 Å². The van der Waals surface area contributed by atoms with E-state index >= 15 is 0 Å². The molecule has 0 aliphatic rings. The number of rotatable bonds is 4. The van der Waals surface area contributed by atoms with Gasteiger partial charge in [-0.25, -0.2) is 0 Å². The minimum absolute atomic E-state index is 0.164. The molecular weight excluding hydrogens is 268 g/mol. The molecule has 0 radical (unpaired) electrons. The molecular formula is C15H20N4O2. The Labute approximate surface area is 123 Å². The fourth-order valence-electron chi connectivity index (χ4n) is 2.18. The number of hydrogen-bond acceptors (Lipinski definition) is 4. The fourth-order valence-corrected chi connectivity index (χ4v) is 2.18. The number of nitrogens with two attached hydrogens (primary N) is 1. The van der Waals surface area contributed by atoms with E-state index < -0.39 is 0 Å². The first kappa shape index (κ1) is 14.9. The molecule has 2 aromatic rings. The van der Waals surface area contributed by atoms with E-state index in [0.717, 1.165) is 5.56 Å². The van der Waals surface area contributed by atoms with Crippen molar-refractivity contribution >= 4 is 11.6 Å². The zero-order valence-electron chi connectivity index (χ0n) is 12.5. The third-order valence-electron chi connectivity index (χ3n) is 3.38. The van der Waals surface area contributed by atoms with Crippen molar-refractivity contribution in [3.05, 3.63) is 41.2 Å². The second kappa shape index (κ2) is 5.87. The van der Waals surface area contributed by atoms with Gasteiger partial charge in [-0.05, 0) is 31.5 Å². The molecule has 0 unspecified atom stereocenters. The highest BCUT2D eigenvalue weighted by Crippen LogP contribution is 2.19. The summed E-state index contributed by atoms with van der Waals surface area (Å²) in [5, 5.41) is 13.5. The van der Waals surface area contributed by atoms with Crippen LogP contribution in [-0.2, 0) is 13.1 Å². The van der Waals surface area contributed by atoms with Crippen molar-refractivity contribution in [1.82, 2.24) is 14.7 Å². The van der Waals surface area contributed by atoms with Crippen LogP contribution in [0.15, 0.2) is 24.3 Å². The lowest BCUT2D eigenvalue weighted by Crippen LogP contribution is -2.29. The van der Waals surface area contributed by atoms with Crippen molar-refractivity contribution in [2.45, 2.75) is 26.9 Å². The number of carbonyl (C=O) groups excluding carboxylic acids is 1. The zero-order valence-corrected chi connectivity index (χ0v) is 12.5. The van der Waals surface area contributed by atoms with Gasteiger partial charge in [0.2, 0.25) is 0 Å². The van der Waals surface area contributed by atoms with E-state index in [1.807, 2.05) is 6.92 Å². The van der Waals surface area contributed by atoms with Crippen LogP contribution in [0.2, 0.25) is 0 Å². The molecule has 0 atom stereocenters. The van der Waals surface area contributed by atoms with Crippen LogP contribution in [0, 0.1) is 6.92 Å². The van der Waals surface area contributed by atoms with Gasteiger partial charge in [-0.2, -0.15) is 5.10 Å². The van der Waals surface area contributed by atoms with Gasteiger partial charge >= 0.3 is 0 Å². The van der Waals surface area contributed by atoms with Gasteiger partial charge in [0, 0.05) is 20.1 Å². The molecule has 3 N–H and O–H groups in total. The highest BCUT2D eigenvalue weighted by Gasteiger charge is 2.22. The molecule has 2 rings (SSSR count). The Hall–Kier alpha value is -2.50. The molecule has 1 aromatic carbocycles. The number of benzene rings is 1. The van der Waals surface area contributed by atoms with E-state index in [9.17, 15) is 9.90 Å². The number of aromatic hydroxyl groups is 1. The number of amides is 1. The van der Waals surface area contributed by atoms with Gasteiger partial charge in [-0.15, -0.1) is 0 Å². The number of anilines is 1. The molecule has 0 spiro atoms. The molecule has 0 aliphatic carbocycles. The number of aromatic nitrogens is 2. The van der Waals surface area contributed by atoms with Crippen LogP contribution in [-0.4, -0.2) is 32.7 Å². The average Bonchev–Trinajstić information content (AvgIpc) is 2.76. The Kier molecular flexibility index (Phi) is 4.16. The molecule has 0 aliphatic heterocycles. The van der Waals surface area contributed by atoms with Gasteiger partial charge in [0.15, 0.2) is 0 Å². The van der Waals surface area contributed by atoms with E-state index in [2.05, 4.69) is 5.10 Å². The first-order valence-corrected chi connectivity index (χ1v) is 6.80. The zero-order chi connectivity index (χ0) is 15.6. The first-order valence-electron chi connectivity index (χ1n) is 6.80. The van der Waals surface area contributed by atoms with Gasteiger partial charge in [0.25, 0.3) is 5.91 Å². The molecule has 1 aromatic heterocycles. The Bertz CT molecular complexity index is 646. The summed E-state index contributed by atoms with van der Waals surface area (Å²) in [5.41, 5.74) is 8.42. The predicted molar refractivity (Wildman–Crippen MR) is 81.0 cm³/mol. The minimum Gasteiger partial charge on any atom is -0.508 e. The maximum atomic E-state index is 12.6. The predicted octanol–water partition coefficient (Wildman–Crippen LogP) is 1.77. The lowest BCUT2D eigenvalue weighted by atomic mass is 10.2. The van der Waals surface area contributed by atoms with Gasteiger partial charge in [-0.3, -0.25) is 9.48 Å². The number of aryl methyl sites for hydroxylation is 2. The molecule has 1 heterocycles. The van der Waals surface area contributed by atoms with Crippen LogP contribution < -0.4 is 5.73 Å². The monoisotopic (exact) mass is 288 g/mol. The topological polar surface area (TPSA) is 84.4 Å². The molecule has 6 nitrogen and oxygen atoms in total. The normalized spacial score (nSPS) is 10.6. The molecule has 0 saturated carbocycles. The second-order valence-electron chi connectivity index (χ2n) is 4.99. The van der Waals surface area contributed by atoms with Gasteiger partial charge < -0.3 is 15.7 Å². The molecule has 112 valence electrons. The highest BCUT2D eigenvalue weighted by molar-refractivity contribution is 5.97. The summed E-state index contributed by atoms with van der Waals surface area (Å²) in [6, 6.07) is 6.76. The number of carbonyl (C=O) groups is 1. The summed E-state index contributed by atoms with van der Waals surface area (Å²) < 4.78 is 1.63. The fraction of sp³-hybridized carbons (Fsp3) is 0.333. The Balaban J connectivity index is 2.21. The van der Waals surface area contributed by atoms with Gasteiger partial charge in [-0.1, -0.05) is 12.1 Å². The molecule has 0 bridgehead atoms. The molecule has 0 saturated heterocycles. The Morgan fingerprint density at radius 3 is 2.57 bits per heavy atom. The maximum absolute atomic E-state index is 12.6. The molecule has 0 fully saturated rings. The quantitative estimate of drug-likeness (QED) is 0.898. The standard InChI is InChI=1S/C15H20N4O2/c1-4-19-14(13(16)10(2)17-19)15(21)18(3)9-11-5-7-12(20)8-6-11/h5-8,20H,4,9,16H2,1-3H3. The van der Waals surface area contributed by atoms with Crippen molar-refractivity contribution in [2.75, 3.05) is 12.8 Å². The summed E-state index contributed by atoms with van der Waals surface area (Å²) >= 11 is 0. The third kappa shape index (κ3) is 2.99. The summed E-state index contributed by atoms with van der Waals surface area (Å²) in [6.45, 7) is 4.74. The number of phenolic OH excluding ortho intramolecular Hbond substituents is 1. The lowest BCUT2D eigenvalue weighted by molar-refractivity contribution is 0.0774. The van der Waals surface area contributed by atoms with Crippen molar-refractivity contribution in [1.29, 1.82) is 0 Å². The van der Waals surface area contributed by atoms with Crippen molar-refractivity contribution in [3.8, 4) is 5.75 Å². The Morgan fingerprint density at radius 2 is 2.00 bits per heavy atom. The molecule has 21 heavy (non-hydrogen) atoms. The number of phenols is 1. The third-order valence-corrected chi connectivity index (χ3v) is 3.38. The van der Waals surface area contributed by atoms with E-state index in [1.165, 1.54) is 0 Å².